The van der Waals surface area contributed by atoms with Crippen LogP contribution < -0.4 is 4.90 Å². The van der Waals surface area contributed by atoms with Gasteiger partial charge in [-0.25, -0.2) is 18.4 Å². The first-order chi connectivity index (χ1) is 13.9. The van der Waals surface area contributed by atoms with E-state index in [-0.39, 0.29) is 17.7 Å². The van der Waals surface area contributed by atoms with Gasteiger partial charge in [-0.3, -0.25) is 4.68 Å². The van der Waals surface area contributed by atoms with Crippen molar-refractivity contribution in [2.75, 3.05) is 17.7 Å². The summed E-state index contributed by atoms with van der Waals surface area (Å²) in [5, 5.41) is 5.88. The standard InChI is InChI=1S/C20H22N6O2S/c1-25(20-15-6-7-21-19(15)22-12-23-20)14-8-13(9-14)11-29(27,28)18-5-3-4-17-16(18)10-24-26(17)2/h3-7,10,12-14H,8-9,11H2,1-2H3,(H,21,22,23). The lowest BCUT2D eigenvalue weighted by Crippen LogP contribution is -2.45. The van der Waals surface area contributed by atoms with Crippen LogP contribution in [0.25, 0.3) is 21.9 Å². The van der Waals surface area contributed by atoms with Gasteiger partial charge >= 0.3 is 0 Å². The molecule has 1 aliphatic carbocycles. The van der Waals surface area contributed by atoms with Gasteiger partial charge in [0.15, 0.2) is 9.84 Å². The SMILES string of the molecule is CN(c1ncnc2[nH]ccc12)C1CC(CS(=O)(=O)c2cccc3c2cnn3C)C1. The highest BCUT2D eigenvalue weighted by atomic mass is 32.2. The molecule has 3 aromatic heterocycles. The van der Waals surface area contributed by atoms with E-state index in [0.717, 1.165) is 35.2 Å². The van der Waals surface area contributed by atoms with Crippen molar-refractivity contribution in [3.05, 3.63) is 43.0 Å². The van der Waals surface area contributed by atoms with E-state index in [0.29, 0.717) is 10.3 Å². The fraction of sp³-hybridized carbons (Fsp3) is 0.350. The molecule has 0 saturated heterocycles. The number of rotatable bonds is 5. The van der Waals surface area contributed by atoms with E-state index in [9.17, 15) is 8.42 Å². The molecule has 1 fully saturated rings. The van der Waals surface area contributed by atoms with Crippen LogP contribution in [-0.4, -0.2) is 52.0 Å². The average molecular weight is 411 g/mol. The van der Waals surface area contributed by atoms with E-state index in [1.54, 1.807) is 29.3 Å². The number of H-pyrrole nitrogens is 1. The van der Waals surface area contributed by atoms with Crippen molar-refractivity contribution in [1.29, 1.82) is 0 Å². The Bertz CT molecular complexity index is 1300. The van der Waals surface area contributed by atoms with E-state index in [4.69, 9.17) is 0 Å². The zero-order valence-corrected chi connectivity index (χ0v) is 17.1. The first-order valence-electron chi connectivity index (χ1n) is 9.58. The Morgan fingerprint density at radius 2 is 2.03 bits per heavy atom. The van der Waals surface area contributed by atoms with Gasteiger partial charge in [0.05, 0.1) is 27.7 Å². The van der Waals surface area contributed by atoms with E-state index in [2.05, 4.69) is 25.0 Å². The van der Waals surface area contributed by atoms with Crippen LogP contribution in [0.5, 0.6) is 0 Å². The van der Waals surface area contributed by atoms with Gasteiger partial charge in [-0.05, 0) is 37.0 Å². The normalized spacial score (nSPS) is 19.5. The number of fused-ring (bicyclic) bond motifs is 2. The molecule has 0 spiro atoms. The second-order valence-corrected chi connectivity index (χ2v) is 9.78. The van der Waals surface area contributed by atoms with Crippen LogP contribution in [0.3, 0.4) is 0 Å². The van der Waals surface area contributed by atoms with Crippen LogP contribution in [0.15, 0.2) is 47.9 Å². The molecular formula is C20H22N6O2S. The third-order valence-corrected chi connectivity index (χ3v) is 7.90. The van der Waals surface area contributed by atoms with Crippen LogP contribution in [0.1, 0.15) is 12.8 Å². The predicted octanol–water partition coefficient (Wildman–Crippen LogP) is 2.53. The predicted molar refractivity (Wildman–Crippen MR) is 112 cm³/mol. The largest absolute Gasteiger partial charge is 0.356 e. The molecule has 3 heterocycles. The van der Waals surface area contributed by atoms with Crippen molar-refractivity contribution in [2.45, 2.75) is 23.8 Å². The van der Waals surface area contributed by atoms with E-state index in [1.807, 2.05) is 32.4 Å². The number of aromatic nitrogens is 5. The molecule has 150 valence electrons. The number of aromatic amines is 1. The number of hydrogen-bond donors (Lipinski definition) is 1. The quantitative estimate of drug-likeness (QED) is 0.543. The minimum Gasteiger partial charge on any atom is -0.356 e. The molecule has 1 saturated carbocycles. The second-order valence-electron chi connectivity index (χ2n) is 7.78. The molecule has 4 aromatic rings. The summed E-state index contributed by atoms with van der Waals surface area (Å²) >= 11 is 0. The minimum absolute atomic E-state index is 0.142. The highest BCUT2D eigenvalue weighted by Crippen LogP contribution is 2.37. The Hall–Kier alpha value is -2.94. The Morgan fingerprint density at radius 3 is 2.86 bits per heavy atom. The molecule has 29 heavy (non-hydrogen) atoms. The van der Waals surface area contributed by atoms with Gasteiger partial charge in [0, 0.05) is 31.7 Å². The number of benzene rings is 1. The lowest BCUT2D eigenvalue weighted by atomic mass is 9.81. The van der Waals surface area contributed by atoms with Crippen molar-refractivity contribution in [3.8, 4) is 0 Å². The number of aryl methyl sites for hydroxylation is 1. The molecule has 0 aliphatic heterocycles. The van der Waals surface area contributed by atoms with Crippen molar-refractivity contribution in [2.24, 2.45) is 13.0 Å². The summed E-state index contributed by atoms with van der Waals surface area (Å²) < 4.78 is 27.8. The summed E-state index contributed by atoms with van der Waals surface area (Å²) in [5.41, 5.74) is 1.64. The molecule has 0 amide bonds. The maximum absolute atomic E-state index is 13.1. The third kappa shape index (κ3) is 2.96. The van der Waals surface area contributed by atoms with E-state index < -0.39 is 9.84 Å². The first kappa shape index (κ1) is 18.1. The number of anilines is 1. The summed E-state index contributed by atoms with van der Waals surface area (Å²) in [6.07, 6.45) is 6.70. The zero-order chi connectivity index (χ0) is 20.2. The van der Waals surface area contributed by atoms with E-state index in [1.165, 1.54) is 0 Å². The molecule has 9 heteroatoms. The number of hydrogen-bond acceptors (Lipinski definition) is 6. The highest BCUT2D eigenvalue weighted by Gasteiger charge is 2.37. The highest BCUT2D eigenvalue weighted by molar-refractivity contribution is 7.91. The van der Waals surface area contributed by atoms with Crippen molar-refractivity contribution in [1.82, 2.24) is 24.7 Å². The van der Waals surface area contributed by atoms with Gasteiger partial charge in [-0.2, -0.15) is 5.10 Å². The Labute approximate surface area is 168 Å². The molecule has 0 atom stereocenters. The maximum Gasteiger partial charge on any atom is 0.179 e. The van der Waals surface area contributed by atoms with Crippen LogP contribution in [0.4, 0.5) is 5.82 Å². The van der Waals surface area contributed by atoms with E-state index >= 15 is 0 Å². The lowest BCUT2D eigenvalue weighted by molar-refractivity contribution is 0.282. The average Bonchev–Trinajstić information content (AvgIpc) is 3.30. The zero-order valence-electron chi connectivity index (χ0n) is 16.3. The monoisotopic (exact) mass is 410 g/mol. The molecular weight excluding hydrogens is 388 g/mol. The van der Waals surface area contributed by atoms with Gasteiger partial charge in [-0.1, -0.05) is 6.07 Å². The fourth-order valence-corrected chi connectivity index (χ4v) is 6.14. The van der Waals surface area contributed by atoms with Gasteiger partial charge in [0.1, 0.15) is 17.8 Å². The lowest BCUT2D eigenvalue weighted by Gasteiger charge is -2.41. The molecule has 8 nitrogen and oxygen atoms in total. The van der Waals surface area contributed by atoms with Crippen LogP contribution in [-0.2, 0) is 16.9 Å². The van der Waals surface area contributed by atoms with Crippen molar-refractivity contribution < 1.29 is 8.42 Å². The molecule has 5 rings (SSSR count). The topological polar surface area (TPSA) is 96.8 Å². The smallest absolute Gasteiger partial charge is 0.179 e. The number of nitrogens with one attached hydrogen (secondary N) is 1. The van der Waals surface area contributed by atoms with Gasteiger partial charge in [0.25, 0.3) is 0 Å². The van der Waals surface area contributed by atoms with Crippen molar-refractivity contribution in [3.63, 3.8) is 0 Å². The molecule has 0 unspecified atom stereocenters. The third-order valence-electron chi connectivity index (χ3n) is 5.97. The molecule has 0 radical (unpaired) electrons. The molecule has 1 aromatic carbocycles. The summed E-state index contributed by atoms with van der Waals surface area (Å²) in [6, 6.07) is 7.60. The summed E-state index contributed by atoms with van der Waals surface area (Å²) in [5.74, 6) is 1.18. The number of sulfone groups is 1. The van der Waals surface area contributed by atoms with Crippen LogP contribution in [0.2, 0.25) is 0 Å². The molecule has 1 aliphatic rings. The fourth-order valence-electron chi connectivity index (χ4n) is 4.29. The van der Waals surface area contributed by atoms with Gasteiger partial charge in [0.2, 0.25) is 0 Å². The first-order valence-corrected chi connectivity index (χ1v) is 11.2. The summed E-state index contributed by atoms with van der Waals surface area (Å²) in [7, 11) is 0.458. The van der Waals surface area contributed by atoms with Crippen molar-refractivity contribution >= 4 is 37.6 Å². The molecule has 0 bridgehead atoms. The minimum atomic E-state index is -3.38. The second kappa shape index (κ2) is 6.55. The van der Waals surface area contributed by atoms with Gasteiger partial charge < -0.3 is 9.88 Å². The maximum atomic E-state index is 13.1. The summed E-state index contributed by atoms with van der Waals surface area (Å²) in [6.45, 7) is 0. The number of nitrogens with zero attached hydrogens (tertiary/aromatic N) is 5. The Kier molecular flexibility index (Phi) is 4.09. The molecule has 1 N–H and O–H groups in total. The Balaban J connectivity index is 1.31. The van der Waals surface area contributed by atoms with Crippen LogP contribution >= 0.6 is 0 Å². The van der Waals surface area contributed by atoms with Crippen LogP contribution in [0, 0.1) is 5.92 Å². The Morgan fingerprint density at radius 1 is 1.21 bits per heavy atom. The van der Waals surface area contributed by atoms with Gasteiger partial charge in [-0.15, -0.1) is 0 Å². The summed E-state index contributed by atoms with van der Waals surface area (Å²) in [4.78, 5) is 14.3.